The Bertz CT molecular complexity index is 1440. The normalized spacial score (nSPS) is 11.8. The highest BCUT2D eigenvalue weighted by Gasteiger charge is 2.30. The molecular formula is C25H18F4N2O3. The largest absolute Gasteiger partial charge is 0.493 e. The van der Waals surface area contributed by atoms with Crippen LogP contribution in [0.4, 0.5) is 17.6 Å². The first-order chi connectivity index (χ1) is 16.2. The first kappa shape index (κ1) is 23.0. The minimum absolute atomic E-state index is 0.0113. The average molecular weight is 470 g/mol. The van der Waals surface area contributed by atoms with Crippen LogP contribution in [0.15, 0.2) is 65.5 Å². The molecular weight excluding hydrogens is 452 g/mol. The number of alkyl halides is 3. The van der Waals surface area contributed by atoms with Crippen LogP contribution >= 0.6 is 0 Å². The van der Waals surface area contributed by atoms with E-state index in [1.54, 1.807) is 6.08 Å². The Morgan fingerprint density at radius 2 is 1.59 bits per heavy atom. The van der Waals surface area contributed by atoms with Crippen molar-refractivity contribution >= 4 is 23.1 Å². The van der Waals surface area contributed by atoms with Crippen molar-refractivity contribution in [3.05, 3.63) is 93.8 Å². The van der Waals surface area contributed by atoms with E-state index in [1.165, 1.54) is 68.8 Å². The lowest BCUT2D eigenvalue weighted by Gasteiger charge is -2.15. The molecule has 0 saturated heterocycles. The van der Waals surface area contributed by atoms with E-state index in [1.807, 2.05) is 0 Å². The fraction of sp³-hybridized carbons (Fsp3) is 0.120. The Balaban J connectivity index is 1.99. The van der Waals surface area contributed by atoms with Gasteiger partial charge < -0.3 is 9.47 Å². The number of ether oxygens (including phenoxy) is 2. The Hall–Kier alpha value is -4.14. The molecule has 0 aliphatic heterocycles. The number of benzene rings is 3. The molecule has 3 aromatic carbocycles. The van der Waals surface area contributed by atoms with Crippen LogP contribution in [0.1, 0.15) is 17.0 Å². The third-order valence-electron chi connectivity index (χ3n) is 5.13. The predicted octanol–water partition coefficient (Wildman–Crippen LogP) is 5.73. The first-order valence-corrected chi connectivity index (χ1v) is 10.0. The van der Waals surface area contributed by atoms with Gasteiger partial charge in [0, 0.05) is 6.07 Å². The quantitative estimate of drug-likeness (QED) is 0.350. The molecule has 4 rings (SSSR count). The zero-order valence-corrected chi connectivity index (χ0v) is 18.1. The Morgan fingerprint density at radius 1 is 0.912 bits per heavy atom. The molecule has 5 nitrogen and oxygen atoms in total. The van der Waals surface area contributed by atoms with Crippen LogP contribution in [0.3, 0.4) is 0 Å². The third kappa shape index (κ3) is 4.50. The second-order valence-corrected chi connectivity index (χ2v) is 7.27. The number of hydrogen-bond donors (Lipinski definition) is 0. The molecule has 9 heteroatoms. The fourth-order valence-electron chi connectivity index (χ4n) is 3.46. The van der Waals surface area contributed by atoms with Gasteiger partial charge in [-0.3, -0.25) is 9.36 Å². The Kier molecular flexibility index (Phi) is 6.10. The summed E-state index contributed by atoms with van der Waals surface area (Å²) in [7, 11) is 2.84. The molecule has 4 aromatic rings. The Morgan fingerprint density at radius 3 is 2.24 bits per heavy atom. The second-order valence-electron chi connectivity index (χ2n) is 7.27. The molecule has 0 spiro atoms. The summed E-state index contributed by atoms with van der Waals surface area (Å²) in [6.45, 7) is 0. The van der Waals surface area contributed by atoms with Crippen molar-refractivity contribution in [1.82, 2.24) is 9.55 Å². The van der Waals surface area contributed by atoms with Crippen molar-refractivity contribution in [2.24, 2.45) is 0 Å². The van der Waals surface area contributed by atoms with E-state index in [-0.39, 0.29) is 28.2 Å². The summed E-state index contributed by atoms with van der Waals surface area (Å²) >= 11 is 0. The zero-order chi connectivity index (χ0) is 24.5. The zero-order valence-electron chi connectivity index (χ0n) is 18.1. The summed E-state index contributed by atoms with van der Waals surface area (Å²) in [6, 6.07) is 12.9. The maximum atomic E-state index is 13.5. The van der Waals surface area contributed by atoms with E-state index >= 15 is 0 Å². The smallest absolute Gasteiger partial charge is 0.416 e. The fourth-order valence-corrected chi connectivity index (χ4v) is 3.46. The van der Waals surface area contributed by atoms with Gasteiger partial charge in [0.1, 0.15) is 11.6 Å². The summed E-state index contributed by atoms with van der Waals surface area (Å²) in [5, 5.41) is 0.133. The summed E-state index contributed by atoms with van der Waals surface area (Å²) in [4.78, 5) is 18.0. The molecule has 1 aromatic heterocycles. The number of nitrogens with zero attached hydrogens (tertiary/aromatic N) is 2. The van der Waals surface area contributed by atoms with Crippen molar-refractivity contribution < 1.29 is 27.0 Å². The van der Waals surface area contributed by atoms with Gasteiger partial charge in [0.25, 0.3) is 5.56 Å². The van der Waals surface area contributed by atoms with Crippen LogP contribution in [0, 0.1) is 5.82 Å². The van der Waals surface area contributed by atoms with Crippen molar-refractivity contribution in [2.75, 3.05) is 14.2 Å². The van der Waals surface area contributed by atoms with Gasteiger partial charge in [-0.25, -0.2) is 9.37 Å². The molecule has 0 fully saturated rings. The van der Waals surface area contributed by atoms with Crippen LogP contribution in [-0.4, -0.2) is 23.8 Å². The van der Waals surface area contributed by atoms with Crippen LogP contribution in [0.5, 0.6) is 11.5 Å². The minimum Gasteiger partial charge on any atom is -0.493 e. The Labute approximate surface area is 191 Å². The molecule has 0 aliphatic rings. The van der Waals surface area contributed by atoms with Gasteiger partial charge in [-0.15, -0.1) is 0 Å². The molecule has 0 unspecified atom stereocenters. The predicted molar refractivity (Wildman–Crippen MR) is 121 cm³/mol. The summed E-state index contributed by atoms with van der Waals surface area (Å²) < 4.78 is 64.9. The molecule has 0 bridgehead atoms. The van der Waals surface area contributed by atoms with Crippen molar-refractivity contribution in [1.29, 1.82) is 0 Å². The highest BCUT2D eigenvalue weighted by Crippen LogP contribution is 2.32. The molecule has 0 saturated carbocycles. The lowest BCUT2D eigenvalue weighted by molar-refractivity contribution is -0.137. The van der Waals surface area contributed by atoms with Gasteiger partial charge in [0.2, 0.25) is 0 Å². The summed E-state index contributed by atoms with van der Waals surface area (Å²) in [6.07, 6.45) is -1.53. The van der Waals surface area contributed by atoms with E-state index in [2.05, 4.69) is 4.98 Å². The van der Waals surface area contributed by atoms with Crippen molar-refractivity contribution in [3.8, 4) is 17.2 Å². The van der Waals surface area contributed by atoms with Crippen molar-refractivity contribution in [2.45, 2.75) is 6.18 Å². The van der Waals surface area contributed by atoms with Crippen molar-refractivity contribution in [3.63, 3.8) is 0 Å². The maximum Gasteiger partial charge on any atom is 0.416 e. The number of halogens is 4. The van der Waals surface area contributed by atoms with Crippen LogP contribution in [0.2, 0.25) is 0 Å². The van der Waals surface area contributed by atoms with E-state index in [0.717, 1.165) is 16.7 Å². The standard InChI is InChI=1S/C25H18F4N2O3/c1-33-21-13-19-20(14-22(21)34-2)30-23(11-8-15-6-9-17(26)10-7-15)31(24(19)32)18-5-3-4-16(12-18)25(27,28)29/h3-14H,1-2H3. The average Bonchev–Trinajstić information content (AvgIpc) is 2.82. The van der Waals surface area contributed by atoms with E-state index in [0.29, 0.717) is 11.3 Å². The van der Waals surface area contributed by atoms with Crippen LogP contribution in [-0.2, 0) is 6.18 Å². The van der Waals surface area contributed by atoms with Crippen LogP contribution in [0.25, 0.3) is 28.7 Å². The number of methoxy groups -OCH3 is 2. The van der Waals surface area contributed by atoms with E-state index in [9.17, 15) is 22.4 Å². The lowest BCUT2D eigenvalue weighted by atomic mass is 10.1. The van der Waals surface area contributed by atoms with Gasteiger partial charge >= 0.3 is 6.18 Å². The minimum atomic E-state index is -4.59. The van der Waals surface area contributed by atoms with Crippen LogP contribution < -0.4 is 15.0 Å². The molecule has 174 valence electrons. The number of hydrogen-bond acceptors (Lipinski definition) is 4. The molecule has 1 heterocycles. The molecule has 0 aliphatic carbocycles. The van der Waals surface area contributed by atoms with Gasteiger partial charge in [0.05, 0.1) is 36.4 Å². The molecule has 0 radical (unpaired) electrons. The number of rotatable bonds is 5. The number of aromatic nitrogens is 2. The number of fused-ring (bicyclic) bond motifs is 1. The molecule has 0 N–H and O–H groups in total. The lowest BCUT2D eigenvalue weighted by Crippen LogP contribution is -2.23. The molecule has 34 heavy (non-hydrogen) atoms. The highest BCUT2D eigenvalue weighted by atomic mass is 19.4. The summed E-state index contributed by atoms with van der Waals surface area (Å²) in [5.74, 6) is 0.280. The SMILES string of the molecule is COc1cc2nc(C=Cc3ccc(F)cc3)n(-c3cccc(C(F)(F)F)c3)c(=O)c2cc1OC. The second kappa shape index (κ2) is 9.01. The van der Waals surface area contributed by atoms with E-state index < -0.39 is 23.1 Å². The van der Waals surface area contributed by atoms with E-state index in [4.69, 9.17) is 9.47 Å². The van der Waals surface area contributed by atoms with Gasteiger partial charge in [-0.2, -0.15) is 13.2 Å². The third-order valence-corrected chi connectivity index (χ3v) is 5.13. The van der Waals surface area contributed by atoms with Gasteiger partial charge in [0.15, 0.2) is 11.5 Å². The molecule has 0 amide bonds. The van der Waals surface area contributed by atoms with Gasteiger partial charge in [-0.1, -0.05) is 24.3 Å². The maximum absolute atomic E-state index is 13.5. The molecule has 0 atom stereocenters. The summed E-state index contributed by atoms with van der Waals surface area (Å²) in [5.41, 5.74) is -0.632. The highest BCUT2D eigenvalue weighted by molar-refractivity contribution is 5.83. The first-order valence-electron chi connectivity index (χ1n) is 10.0. The monoisotopic (exact) mass is 470 g/mol. The van der Waals surface area contributed by atoms with Gasteiger partial charge in [-0.05, 0) is 48.0 Å². The topological polar surface area (TPSA) is 53.4 Å².